The predicted molar refractivity (Wildman–Crippen MR) is 115 cm³/mol. The summed E-state index contributed by atoms with van der Waals surface area (Å²) in [5, 5.41) is 9.12. The summed E-state index contributed by atoms with van der Waals surface area (Å²) < 4.78 is 14.0. The Balaban J connectivity index is 1.49. The molecule has 10 unspecified atom stereocenters. The summed E-state index contributed by atoms with van der Waals surface area (Å²) in [5.74, 6) is 4.11. The first-order valence-corrected chi connectivity index (χ1v) is 12.5. The average molecular weight is 407 g/mol. The maximum Gasteiger partial charge on any atom is 0.303 e. The molecular weight excluding hydrogens is 363 g/mol. The van der Waals surface area contributed by atoms with Crippen molar-refractivity contribution in [3.63, 3.8) is 0 Å². The second-order valence-corrected chi connectivity index (χ2v) is 12.0. The van der Waals surface area contributed by atoms with Crippen LogP contribution in [0.1, 0.15) is 98.3 Å². The van der Waals surface area contributed by atoms with Crippen LogP contribution in [-0.4, -0.2) is 17.2 Å². The number of alkyl halides is 1. The quantitative estimate of drug-likeness (QED) is 0.528. The molecular formula is C26H43FO2. The highest BCUT2D eigenvalue weighted by atomic mass is 19.1. The van der Waals surface area contributed by atoms with Crippen molar-refractivity contribution in [1.82, 2.24) is 0 Å². The fourth-order valence-electron chi connectivity index (χ4n) is 9.24. The van der Waals surface area contributed by atoms with Crippen LogP contribution in [-0.2, 0) is 4.79 Å². The zero-order valence-electron chi connectivity index (χ0n) is 19.1. The molecule has 1 N–H and O–H groups in total. The summed E-state index contributed by atoms with van der Waals surface area (Å²) in [6.45, 7) is 9.21. The molecule has 0 amide bonds. The molecule has 0 radical (unpaired) electrons. The fourth-order valence-corrected chi connectivity index (χ4v) is 9.24. The number of carboxylic acid groups (broad SMARTS) is 1. The van der Waals surface area contributed by atoms with E-state index in [0.29, 0.717) is 35.0 Å². The van der Waals surface area contributed by atoms with Gasteiger partial charge in [-0.3, -0.25) is 4.79 Å². The normalized spacial score (nSPS) is 48.9. The van der Waals surface area contributed by atoms with Gasteiger partial charge < -0.3 is 5.11 Å². The van der Waals surface area contributed by atoms with Crippen LogP contribution in [0, 0.1) is 52.3 Å². The van der Waals surface area contributed by atoms with Gasteiger partial charge in [-0.2, -0.15) is 0 Å². The SMILES string of the molecule is CC(F)C1CCC2(C)C(CCC3C2CCC2(C)C(C(C)CCC(=O)O)CCC32)C1. The number of hydrogen-bond acceptors (Lipinski definition) is 1. The molecule has 4 aliphatic rings. The Morgan fingerprint density at radius 2 is 1.69 bits per heavy atom. The lowest BCUT2D eigenvalue weighted by Crippen LogP contribution is -2.54. The van der Waals surface area contributed by atoms with Crippen LogP contribution in [0.15, 0.2) is 0 Å². The lowest BCUT2D eigenvalue weighted by molar-refractivity contribution is -0.138. The molecule has 10 atom stereocenters. The molecule has 0 spiro atoms. The lowest BCUT2D eigenvalue weighted by Gasteiger charge is -2.61. The third-order valence-electron chi connectivity index (χ3n) is 10.9. The lowest BCUT2D eigenvalue weighted by atomic mass is 9.44. The van der Waals surface area contributed by atoms with Gasteiger partial charge in [-0.1, -0.05) is 20.8 Å². The van der Waals surface area contributed by atoms with Gasteiger partial charge in [-0.15, -0.1) is 0 Å². The molecule has 4 fully saturated rings. The van der Waals surface area contributed by atoms with E-state index in [2.05, 4.69) is 20.8 Å². The van der Waals surface area contributed by atoms with E-state index >= 15 is 0 Å². The highest BCUT2D eigenvalue weighted by Gasteiger charge is 2.60. The Kier molecular flexibility index (Phi) is 5.84. The van der Waals surface area contributed by atoms with Gasteiger partial charge in [0, 0.05) is 6.42 Å². The van der Waals surface area contributed by atoms with Crippen LogP contribution in [0.3, 0.4) is 0 Å². The molecule has 29 heavy (non-hydrogen) atoms. The maximum absolute atomic E-state index is 14.0. The van der Waals surface area contributed by atoms with Crippen LogP contribution in [0.5, 0.6) is 0 Å². The summed E-state index contributed by atoms with van der Waals surface area (Å²) in [5.41, 5.74) is 0.843. The Hall–Kier alpha value is -0.600. The summed E-state index contributed by atoms with van der Waals surface area (Å²) in [7, 11) is 0. The Labute approximate surface area is 177 Å². The molecule has 3 heteroatoms. The molecule has 4 rings (SSSR count). The van der Waals surface area contributed by atoms with Crippen LogP contribution in [0.25, 0.3) is 0 Å². The zero-order chi connectivity index (χ0) is 21.0. The van der Waals surface area contributed by atoms with Crippen LogP contribution >= 0.6 is 0 Å². The molecule has 166 valence electrons. The smallest absolute Gasteiger partial charge is 0.303 e. The number of hydrogen-bond donors (Lipinski definition) is 1. The van der Waals surface area contributed by atoms with Crippen LogP contribution < -0.4 is 0 Å². The zero-order valence-corrected chi connectivity index (χ0v) is 19.1. The van der Waals surface area contributed by atoms with Gasteiger partial charge in [0.05, 0.1) is 0 Å². The summed E-state index contributed by atoms with van der Waals surface area (Å²) in [6.07, 6.45) is 11.9. The third-order valence-corrected chi connectivity index (χ3v) is 10.9. The molecule has 0 bridgehead atoms. The molecule has 0 aromatic heterocycles. The van der Waals surface area contributed by atoms with Crippen molar-refractivity contribution in [3.05, 3.63) is 0 Å². The van der Waals surface area contributed by atoms with E-state index in [9.17, 15) is 9.18 Å². The third kappa shape index (κ3) is 3.57. The van der Waals surface area contributed by atoms with Gasteiger partial charge in [0.25, 0.3) is 0 Å². The number of aliphatic carboxylic acids is 1. The molecule has 0 heterocycles. The van der Waals surface area contributed by atoms with Crippen molar-refractivity contribution < 1.29 is 14.3 Å². The molecule has 0 aromatic carbocycles. The number of halogens is 1. The van der Waals surface area contributed by atoms with Crippen molar-refractivity contribution in [2.75, 3.05) is 0 Å². The molecule has 0 saturated heterocycles. The molecule has 0 aliphatic heterocycles. The number of carbonyl (C=O) groups is 1. The monoisotopic (exact) mass is 406 g/mol. The standard InChI is InChI=1S/C26H43FO2/c1-16(5-10-24(28)29)21-8-9-22-20-7-6-19-15-18(17(2)27)11-13-25(19,3)23(20)12-14-26(21,22)4/h16-23H,5-15H2,1-4H3,(H,28,29). The van der Waals surface area contributed by atoms with E-state index in [-0.39, 0.29) is 0 Å². The van der Waals surface area contributed by atoms with Crippen molar-refractivity contribution >= 4 is 5.97 Å². The first-order valence-electron chi connectivity index (χ1n) is 12.5. The van der Waals surface area contributed by atoms with E-state index in [0.717, 1.165) is 42.9 Å². The molecule has 4 saturated carbocycles. The highest BCUT2D eigenvalue weighted by Crippen LogP contribution is 2.68. The van der Waals surface area contributed by atoms with Gasteiger partial charge in [0.15, 0.2) is 0 Å². The summed E-state index contributed by atoms with van der Waals surface area (Å²) >= 11 is 0. The predicted octanol–water partition coefficient (Wildman–Crippen LogP) is 7.12. The van der Waals surface area contributed by atoms with E-state index in [1.165, 1.54) is 44.9 Å². The van der Waals surface area contributed by atoms with E-state index in [1.54, 1.807) is 6.92 Å². The molecule has 0 aromatic rings. The minimum atomic E-state index is -0.648. The van der Waals surface area contributed by atoms with Crippen molar-refractivity contribution in [3.8, 4) is 0 Å². The summed E-state index contributed by atoms with van der Waals surface area (Å²) in [6, 6.07) is 0. The Bertz CT molecular complexity index is 618. The maximum atomic E-state index is 14.0. The molecule has 2 nitrogen and oxygen atoms in total. The fraction of sp³-hybridized carbons (Fsp3) is 0.962. The minimum Gasteiger partial charge on any atom is -0.481 e. The number of fused-ring (bicyclic) bond motifs is 5. The number of carboxylic acids is 1. The van der Waals surface area contributed by atoms with Gasteiger partial charge >= 0.3 is 5.97 Å². The van der Waals surface area contributed by atoms with Crippen LogP contribution in [0.2, 0.25) is 0 Å². The first-order chi connectivity index (χ1) is 13.7. The number of rotatable bonds is 5. The first kappa shape index (κ1) is 21.6. The Morgan fingerprint density at radius 1 is 1.00 bits per heavy atom. The minimum absolute atomic E-state index is 0.296. The van der Waals surface area contributed by atoms with Crippen molar-refractivity contribution in [2.45, 2.75) is 104 Å². The van der Waals surface area contributed by atoms with E-state index in [1.807, 2.05) is 0 Å². The van der Waals surface area contributed by atoms with Gasteiger partial charge in [0.2, 0.25) is 0 Å². The largest absolute Gasteiger partial charge is 0.481 e. The van der Waals surface area contributed by atoms with E-state index in [4.69, 9.17) is 5.11 Å². The van der Waals surface area contributed by atoms with Gasteiger partial charge in [0.1, 0.15) is 6.17 Å². The topological polar surface area (TPSA) is 37.3 Å². The van der Waals surface area contributed by atoms with Crippen LogP contribution in [0.4, 0.5) is 4.39 Å². The van der Waals surface area contributed by atoms with Gasteiger partial charge in [-0.05, 0) is 123 Å². The summed E-state index contributed by atoms with van der Waals surface area (Å²) in [4.78, 5) is 11.1. The van der Waals surface area contributed by atoms with Crippen molar-refractivity contribution in [1.29, 1.82) is 0 Å². The Morgan fingerprint density at radius 3 is 2.38 bits per heavy atom. The van der Waals surface area contributed by atoms with E-state index < -0.39 is 12.1 Å². The second kappa shape index (κ2) is 7.83. The van der Waals surface area contributed by atoms with Gasteiger partial charge in [-0.25, -0.2) is 4.39 Å². The highest BCUT2D eigenvalue weighted by molar-refractivity contribution is 5.66. The van der Waals surface area contributed by atoms with Crippen molar-refractivity contribution in [2.24, 2.45) is 52.3 Å². The average Bonchev–Trinajstić information content (AvgIpc) is 3.02. The molecule has 4 aliphatic carbocycles. The second-order valence-electron chi connectivity index (χ2n) is 12.0.